The highest BCUT2D eigenvalue weighted by atomic mass is 32.2. The predicted octanol–water partition coefficient (Wildman–Crippen LogP) is 1.67. The Morgan fingerprint density at radius 2 is 2.12 bits per heavy atom. The summed E-state index contributed by atoms with van der Waals surface area (Å²) in [6, 6.07) is 5.30. The first-order valence-electron chi connectivity index (χ1n) is 5.24. The average Bonchev–Trinajstić information content (AvgIpc) is 2.41. The number of hydrogen-bond donors (Lipinski definition) is 0. The molecule has 1 unspecified atom stereocenters. The highest BCUT2D eigenvalue weighted by molar-refractivity contribution is 7.92. The molecule has 4 heteroatoms. The number of benzene rings is 1. The number of fused-ring (bicyclic) bond motifs is 1. The third-order valence-electron chi connectivity index (χ3n) is 3.06. The Hall–Kier alpha value is -1.16. The maximum Gasteiger partial charge on any atom is 0.182 e. The largest absolute Gasteiger partial charge is 0.300 e. The van der Waals surface area contributed by atoms with Gasteiger partial charge < -0.3 is 0 Å². The van der Waals surface area contributed by atoms with Crippen LogP contribution in [0.1, 0.15) is 24.5 Å². The normalized spacial score (nSPS) is 21.8. The van der Waals surface area contributed by atoms with Gasteiger partial charge in [-0.3, -0.25) is 4.79 Å². The van der Waals surface area contributed by atoms with Gasteiger partial charge in [-0.1, -0.05) is 12.1 Å². The lowest BCUT2D eigenvalue weighted by Crippen LogP contribution is -2.19. The Morgan fingerprint density at radius 3 is 2.69 bits per heavy atom. The molecule has 0 N–H and O–H groups in total. The molecule has 86 valence electrons. The first-order chi connectivity index (χ1) is 7.43. The van der Waals surface area contributed by atoms with Crippen LogP contribution in [0.4, 0.5) is 0 Å². The smallest absolute Gasteiger partial charge is 0.182 e. The highest BCUT2D eigenvalue weighted by Gasteiger charge is 2.37. The van der Waals surface area contributed by atoms with Crippen molar-refractivity contribution in [2.45, 2.75) is 36.8 Å². The van der Waals surface area contributed by atoms with Gasteiger partial charge in [0.1, 0.15) is 5.78 Å². The summed E-state index contributed by atoms with van der Waals surface area (Å²) >= 11 is 0. The van der Waals surface area contributed by atoms with Crippen molar-refractivity contribution in [3.8, 4) is 0 Å². The predicted molar refractivity (Wildman–Crippen MR) is 61.2 cm³/mol. The standard InChI is InChI=1S/C12H14O3S/c1-8-4-3-5-12-11(8)7-10(6-9(2)13)16(12,14)15/h3-5,10H,6-7H2,1-2H3. The van der Waals surface area contributed by atoms with Gasteiger partial charge in [0, 0.05) is 6.42 Å². The molecule has 1 aliphatic rings. The van der Waals surface area contributed by atoms with E-state index in [4.69, 9.17) is 0 Å². The van der Waals surface area contributed by atoms with E-state index in [-0.39, 0.29) is 12.2 Å². The van der Waals surface area contributed by atoms with E-state index in [1.54, 1.807) is 12.1 Å². The molecule has 3 nitrogen and oxygen atoms in total. The Labute approximate surface area is 95.4 Å². The van der Waals surface area contributed by atoms with Crippen LogP contribution in [0.3, 0.4) is 0 Å². The number of ketones is 1. The second-order valence-corrected chi connectivity index (χ2v) is 6.53. The number of sulfone groups is 1. The number of rotatable bonds is 2. The van der Waals surface area contributed by atoms with Gasteiger partial charge in [0.05, 0.1) is 10.1 Å². The third-order valence-corrected chi connectivity index (χ3v) is 5.27. The zero-order valence-electron chi connectivity index (χ0n) is 9.36. The molecule has 0 saturated carbocycles. The van der Waals surface area contributed by atoms with E-state index in [0.29, 0.717) is 11.3 Å². The molecule has 0 fully saturated rings. The van der Waals surface area contributed by atoms with Gasteiger partial charge in [0.15, 0.2) is 9.84 Å². The zero-order chi connectivity index (χ0) is 11.9. The van der Waals surface area contributed by atoms with E-state index >= 15 is 0 Å². The molecule has 1 aliphatic heterocycles. The van der Waals surface area contributed by atoms with Crippen LogP contribution in [-0.4, -0.2) is 19.5 Å². The molecule has 0 saturated heterocycles. The molecule has 16 heavy (non-hydrogen) atoms. The molecule has 1 atom stereocenters. The lowest BCUT2D eigenvalue weighted by atomic mass is 10.0. The van der Waals surface area contributed by atoms with E-state index in [2.05, 4.69) is 0 Å². The summed E-state index contributed by atoms with van der Waals surface area (Å²) in [6.45, 7) is 3.34. The monoisotopic (exact) mass is 238 g/mol. The van der Waals surface area contributed by atoms with Crippen LogP contribution in [0, 0.1) is 6.92 Å². The molecular formula is C12H14O3S. The minimum Gasteiger partial charge on any atom is -0.300 e. The number of aryl methyl sites for hydroxylation is 1. The second kappa shape index (κ2) is 3.70. The van der Waals surface area contributed by atoms with Crippen molar-refractivity contribution in [3.05, 3.63) is 29.3 Å². The summed E-state index contributed by atoms with van der Waals surface area (Å²) < 4.78 is 24.2. The summed E-state index contributed by atoms with van der Waals surface area (Å²) in [5.41, 5.74) is 1.88. The number of Topliss-reactive ketones (excluding diaryl/α,β-unsaturated/α-hetero) is 1. The summed E-state index contributed by atoms with van der Waals surface area (Å²) in [4.78, 5) is 11.5. The topological polar surface area (TPSA) is 51.2 Å². The molecule has 0 bridgehead atoms. The van der Waals surface area contributed by atoms with Crippen molar-refractivity contribution >= 4 is 15.6 Å². The van der Waals surface area contributed by atoms with E-state index in [1.807, 2.05) is 13.0 Å². The van der Waals surface area contributed by atoms with Gasteiger partial charge in [0.2, 0.25) is 0 Å². The molecule has 2 rings (SSSR count). The molecular weight excluding hydrogens is 224 g/mol. The highest BCUT2D eigenvalue weighted by Crippen LogP contribution is 2.34. The average molecular weight is 238 g/mol. The quantitative estimate of drug-likeness (QED) is 0.787. The maximum absolute atomic E-state index is 12.1. The van der Waals surface area contributed by atoms with Gasteiger partial charge >= 0.3 is 0 Å². The van der Waals surface area contributed by atoms with E-state index in [1.165, 1.54) is 6.92 Å². The fourth-order valence-corrected chi connectivity index (χ4v) is 4.28. The van der Waals surface area contributed by atoms with Crippen molar-refractivity contribution < 1.29 is 13.2 Å². The van der Waals surface area contributed by atoms with Gasteiger partial charge in [-0.05, 0) is 37.5 Å². The molecule has 0 aliphatic carbocycles. The van der Waals surface area contributed by atoms with Gasteiger partial charge in [-0.15, -0.1) is 0 Å². The maximum atomic E-state index is 12.1. The van der Waals surface area contributed by atoms with Crippen molar-refractivity contribution in [3.63, 3.8) is 0 Å². The van der Waals surface area contributed by atoms with Gasteiger partial charge in [-0.2, -0.15) is 0 Å². The van der Waals surface area contributed by atoms with Crippen LogP contribution in [-0.2, 0) is 21.1 Å². The minimum absolute atomic E-state index is 0.0703. The van der Waals surface area contributed by atoms with Crippen molar-refractivity contribution in [1.29, 1.82) is 0 Å². The molecule has 1 aromatic carbocycles. The van der Waals surface area contributed by atoms with Gasteiger partial charge in [-0.25, -0.2) is 8.42 Å². The molecule has 0 spiro atoms. The molecule has 0 radical (unpaired) electrons. The fourth-order valence-electron chi connectivity index (χ4n) is 2.22. The summed E-state index contributed by atoms with van der Waals surface area (Å²) in [5, 5.41) is -0.555. The lowest BCUT2D eigenvalue weighted by Gasteiger charge is -2.05. The number of hydrogen-bond acceptors (Lipinski definition) is 3. The molecule has 1 heterocycles. The molecule has 0 aromatic heterocycles. The van der Waals surface area contributed by atoms with Gasteiger partial charge in [0.25, 0.3) is 0 Å². The summed E-state index contributed by atoms with van der Waals surface area (Å²) in [6.07, 6.45) is 0.598. The van der Waals surface area contributed by atoms with Crippen LogP contribution in [0.15, 0.2) is 23.1 Å². The molecule has 0 amide bonds. The van der Waals surface area contributed by atoms with Crippen LogP contribution >= 0.6 is 0 Å². The Bertz CT molecular complexity index is 543. The van der Waals surface area contributed by atoms with Crippen molar-refractivity contribution in [1.82, 2.24) is 0 Å². The minimum atomic E-state index is -3.28. The van der Waals surface area contributed by atoms with E-state index in [0.717, 1.165) is 11.1 Å². The number of carbonyl (C=O) groups is 1. The summed E-state index contributed by atoms with van der Waals surface area (Å²) in [5.74, 6) is -0.0703. The first-order valence-corrected chi connectivity index (χ1v) is 6.79. The first kappa shape index (κ1) is 11.3. The third kappa shape index (κ3) is 1.67. The van der Waals surface area contributed by atoms with Crippen molar-refractivity contribution in [2.24, 2.45) is 0 Å². The van der Waals surface area contributed by atoms with Crippen molar-refractivity contribution in [2.75, 3.05) is 0 Å². The lowest BCUT2D eigenvalue weighted by molar-refractivity contribution is -0.117. The molecule has 1 aromatic rings. The van der Waals surface area contributed by atoms with E-state index < -0.39 is 15.1 Å². The fraction of sp³-hybridized carbons (Fsp3) is 0.417. The van der Waals surface area contributed by atoms with Crippen LogP contribution in [0.5, 0.6) is 0 Å². The van der Waals surface area contributed by atoms with Crippen LogP contribution in [0.2, 0.25) is 0 Å². The zero-order valence-corrected chi connectivity index (χ0v) is 10.2. The second-order valence-electron chi connectivity index (χ2n) is 4.33. The Kier molecular flexibility index (Phi) is 2.62. The van der Waals surface area contributed by atoms with E-state index in [9.17, 15) is 13.2 Å². The Balaban J connectivity index is 2.50. The van der Waals surface area contributed by atoms with Crippen LogP contribution < -0.4 is 0 Å². The number of carbonyl (C=O) groups excluding carboxylic acids is 1. The Morgan fingerprint density at radius 1 is 1.44 bits per heavy atom. The summed E-state index contributed by atoms with van der Waals surface area (Å²) in [7, 11) is -3.28. The SMILES string of the molecule is CC(=O)CC1Cc2c(C)cccc2S1(=O)=O. The van der Waals surface area contributed by atoms with Crippen LogP contribution in [0.25, 0.3) is 0 Å².